The smallest absolute Gasteiger partial charge is 0.275 e. The second-order valence-corrected chi connectivity index (χ2v) is 8.10. The Morgan fingerprint density at radius 2 is 2.12 bits per heavy atom. The molecule has 0 aromatic heterocycles. The van der Waals surface area contributed by atoms with Crippen molar-refractivity contribution in [3.8, 4) is 0 Å². The number of halogens is 2. The Morgan fingerprint density at radius 3 is 2.71 bits per heavy atom. The van der Waals surface area contributed by atoms with Crippen LogP contribution in [-0.4, -0.2) is 37.3 Å². The van der Waals surface area contributed by atoms with Gasteiger partial charge in [0.2, 0.25) is 10.0 Å². The molecule has 24 heavy (non-hydrogen) atoms. The zero-order valence-electron chi connectivity index (χ0n) is 13.3. The minimum atomic E-state index is -3.80. The van der Waals surface area contributed by atoms with Crippen molar-refractivity contribution in [1.29, 1.82) is 0 Å². The summed E-state index contributed by atoms with van der Waals surface area (Å²) in [4.78, 5) is 10.3. The highest BCUT2D eigenvalue weighted by molar-refractivity contribution is 7.89. The van der Waals surface area contributed by atoms with Gasteiger partial charge in [0.25, 0.3) is 5.69 Å². The van der Waals surface area contributed by atoms with E-state index in [2.05, 4.69) is 0 Å². The van der Waals surface area contributed by atoms with E-state index in [-0.39, 0.29) is 39.5 Å². The fourth-order valence-corrected chi connectivity index (χ4v) is 4.73. The van der Waals surface area contributed by atoms with Gasteiger partial charge in [-0.05, 0) is 44.7 Å². The summed E-state index contributed by atoms with van der Waals surface area (Å²) in [5.74, 6) is 0.222. The molecule has 0 aliphatic carbocycles. The van der Waals surface area contributed by atoms with Crippen LogP contribution >= 0.6 is 24.0 Å². The Balaban J connectivity index is 0.00000288. The van der Waals surface area contributed by atoms with Gasteiger partial charge in [-0.3, -0.25) is 10.1 Å². The molecule has 0 radical (unpaired) electrons. The number of nitro benzene ring substituents is 1. The zero-order valence-corrected chi connectivity index (χ0v) is 15.7. The van der Waals surface area contributed by atoms with Crippen LogP contribution in [0.25, 0.3) is 0 Å². The molecule has 0 spiro atoms. The largest absolute Gasteiger partial charge is 0.330 e. The van der Waals surface area contributed by atoms with E-state index in [9.17, 15) is 18.5 Å². The molecule has 0 saturated carbocycles. The molecule has 1 aromatic carbocycles. The summed E-state index contributed by atoms with van der Waals surface area (Å²) < 4.78 is 27.0. The summed E-state index contributed by atoms with van der Waals surface area (Å²) in [6.07, 6.45) is 2.46. The predicted octanol–water partition coefficient (Wildman–Crippen LogP) is 2.73. The third-order valence-electron chi connectivity index (χ3n) is 4.18. The SMILES string of the molecule is Cc1c(Cl)cc(S(=O)(=O)N2CCCC(CCN)C2)cc1[N+](=O)[O-].Cl. The lowest BCUT2D eigenvalue weighted by Crippen LogP contribution is -2.40. The van der Waals surface area contributed by atoms with Crippen LogP contribution in [-0.2, 0) is 10.0 Å². The third-order valence-corrected chi connectivity index (χ3v) is 6.42. The third kappa shape index (κ3) is 4.37. The van der Waals surface area contributed by atoms with E-state index >= 15 is 0 Å². The number of nitro groups is 1. The first kappa shape index (κ1) is 21.1. The Kier molecular flexibility index (Phi) is 7.43. The highest BCUT2D eigenvalue weighted by Gasteiger charge is 2.32. The van der Waals surface area contributed by atoms with Crippen LogP contribution in [0, 0.1) is 23.0 Å². The molecule has 1 unspecified atom stereocenters. The topological polar surface area (TPSA) is 107 Å². The minimum absolute atomic E-state index is 0. The average Bonchev–Trinajstić information content (AvgIpc) is 2.50. The van der Waals surface area contributed by atoms with Crippen LogP contribution in [0.5, 0.6) is 0 Å². The maximum Gasteiger partial charge on any atom is 0.275 e. The standard InChI is InChI=1S/C14H20ClN3O4S.ClH/c1-10-13(15)7-12(8-14(10)18(19)20)23(21,22)17-6-2-3-11(9-17)4-5-16;/h7-8,11H,2-6,9,16H2,1H3;1H. The van der Waals surface area contributed by atoms with E-state index in [0.717, 1.165) is 25.3 Å². The van der Waals surface area contributed by atoms with Crippen molar-refractivity contribution in [3.63, 3.8) is 0 Å². The van der Waals surface area contributed by atoms with Gasteiger partial charge in [-0.15, -0.1) is 12.4 Å². The second kappa shape index (κ2) is 8.44. The van der Waals surface area contributed by atoms with Gasteiger partial charge in [0.15, 0.2) is 0 Å². The first-order valence-corrected chi connectivity index (χ1v) is 9.24. The van der Waals surface area contributed by atoms with Crippen LogP contribution in [0.2, 0.25) is 5.02 Å². The lowest BCUT2D eigenvalue weighted by Gasteiger charge is -2.31. The quantitative estimate of drug-likeness (QED) is 0.606. The summed E-state index contributed by atoms with van der Waals surface area (Å²) in [5, 5.41) is 11.2. The number of hydrogen-bond donors (Lipinski definition) is 1. The summed E-state index contributed by atoms with van der Waals surface area (Å²) in [6.45, 7) is 2.80. The van der Waals surface area contributed by atoms with Crippen molar-refractivity contribution in [2.24, 2.45) is 11.7 Å². The molecule has 10 heteroatoms. The van der Waals surface area contributed by atoms with Crippen molar-refractivity contribution in [2.75, 3.05) is 19.6 Å². The molecule has 1 saturated heterocycles. The number of nitrogens with zero attached hydrogens (tertiary/aromatic N) is 2. The molecular formula is C14H21Cl2N3O4S. The lowest BCUT2D eigenvalue weighted by molar-refractivity contribution is -0.385. The number of sulfonamides is 1. The number of hydrogen-bond acceptors (Lipinski definition) is 5. The highest BCUT2D eigenvalue weighted by atomic mass is 35.5. The van der Waals surface area contributed by atoms with E-state index < -0.39 is 14.9 Å². The van der Waals surface area contributed by atoms with Gasteiger partial charge in [-0.25, -0.2) is 8.42 Å². The summed E-state index contributed by atoms with van der Waals surface area (Å²) in [6, 6.07) is 2.37. The number of benzene rings is 1. The molecule has 7 nitrogen and oxygen atoms in total. The van der Waals surface area contributed by atoms with Gasteiger partial charge in [0, 0.05) is 24.7 Å². The number of nitrogens with two attached hydrogens (primary N) is 1. The van der Waals surface area contributed by atoms with Gasteiger partial charge in [0.1, 0.15) is 0 Å². The van der Waals surface area contributed by atoms with Crippen molar-refractivity contribution in [1.82, 2.24) is 4.31 Å². The highest BCUT2D eigenvalue weighted by Crippen LogP contribution is 2.32. The summed E-state index contributed by atoms with van der Waals surface area (Å²) >= 11 is 5.98. The van der Waals surface area contributed by atoms with Gasteiger partial charge in [-0.1, -0.05) is 11.6 Å². The molecule has 136 valence electrons. The first-order chi connectivity index (χ1) is 10.8. The summed E-state index contributed by atoms with van der Waals surface area (Å²) in [5.41, 5.74) is 5.53. The normalized spacial score (nSPS) is 18.9. The Bertz CT molecular complexity index is 710. The molecule has 1 heterocycles. The minimum Gasteiger partial charge on any atom is -0.330 e. The monoisotopic (exact) mass is 397 g/mol. The number of piperidine rings is 1. The van der Waals surface area contributed by atoms with E-state index in [1.807, 2.05) is 0 Å². The Morgan fingerprint density at radius 1 is 1.46 bits per heavy atom. The van der Waals surface area contributed by atoms with E-state index in [0.29, 0.717) is 19.6 Å². The van der Waals surface area contributed by atoms with Crippen molar-refractivity contribution in [2.45, 2.75) is 31.1 Å². The van der Waals surface area contributed by atoms with Gasteiger partial charge < -0.3 is 5.73 Å². The lowest BCUT2D eigenvalue weighted by atomic mass is 9.96. The van der Waals surface area contributed by atoms with Crippen LogP contribution < -0.4 is 5.73 Å². The van der Waals surface area contributed by atoms with Crippen LogP contribution in [0.3, 0.4) is 0 Å². The fraction of sp³-hybridized carbons (Fsp3) is 0.571. The molecule has 1 aliphatic rings. The first-order valence-electron chi connectivity index (χ1n) is 7.42. The van der Waals surface area contributed by atoms with Crippen LogP contribution in [0.4, 0.5) is 5.69 Å². The molecule has 1 fully saturated rings. The molecular weight excluding hydrogens is 377 g/mol. The van der Waals surface area contributed by atoms with E-state index in [1.165, 1.54) is 17.3 Å². The zero-order chi connectivity index (χ0) is 17.2. The van der Waals surface area contributed by atoms with Gasteiger partial charge in [0.05, 0.1) is 14.8 Å². The van der Waals surface area contributed by atoms with Crippen molar-refractivity contribution < 1.29 is 13.3 Å². The van der Waals surface area contributed by atoms with Crippen molar-refractivity contribution in [3.05, 3.63) is 32.8 Å². The van der Waals surface area contributed by atoms with Crippen LogP contribution in [0.1, 0.15) is 24.8 Å². The van der Waals surface area contributed by atoms with Gasteiger partial charge in [-0.2, -0.15) is 4.31 Å². The second-order valence-electron chi connectivity index (χ2n) is 5.75. The maximum absolute atomic E-state index is 12.8. The molecule has 1 aliphatic heterocycles. The average molecular weight is 398 g/mol. The Hall–Kier alpha value is -0.930. The van der Waals surface area contributed by atoms with Crippen LogP contribution in [0.15, 0.2) is 17.0 Å². The molecule has 2 N–H and O–H groups in total. The van der Waals surface area contributed by atoms with E-state index in [4.69, 9.17) is 17.3 Å². The molecule has 2 rings (SSSR count). The maximum atomic E-state index is 12.8. The Labute approximate surface area is 152 Å². The van der Waals surface area contributed by atoms with Crippen molar-refractivity contribution >= 4 is 39.7 Å². The molecule has 1 atom stereocenters. The predicted molar refractivity (Wildman–Crippen MR) is 95.2 cm³/mol. The number of rotatable bonds is 5. The fourth-order valence-electron chi connectivity index (χ4n) is 2.84. The molecule has 1 aromatic rings. The molecule has 0 bridgehead atoms. The van der Waals surface area contributed by atoms with E-state index in [1.54, 1.807) is 0 Å². The van der Waals surface area contributed by atoms with Gasteiger partial charge >= 0.3 is 0 Å². The summed E-state index contributed by atoms with van der Waals surface area (Å²) in [7, 11) is -3.80. The molecule has 0 amide bonds.